The molecule has 1 N–H and O–H groups in total. The summed E-state index contributed by atoms with van der Waals surface area (Å²) in [6.07, 6.45) is 4.51. The number of hydrogen-bond acceptors (Lipinski definition) is 4. The Morgan fingerprint density at radius 3 is 2.19 bits per heavy atom. The zero-order valence-electron chi connectivity index (χ0n) is 18.5. The standard InChI is InChI=1S/C28H30N2O2/c1-32-25-17-14-23(15-18-25)30-27-19-16-24(31)8-5-9-26(27)28(29-30)22-12-10-21(11-13-22)20-6-3-2-4-7-20/h2-4,6-7,10-15,17-18,24,26-27,31H,5,8-9,16,19H2,1H3/t24?,26-,27-/m0/s1. The van der Waals surface area contributed by atoms with Gasteiger partial charge in [-0.15, -0.1) is 0 Å². The van der Waals surface area contributed by atoms with Crippen molar-refractivity contribution in [3.63, 3.8) is 0 Å². The third-order valence-electron chi connectivity index (χ3n) is 6.82. The lowest BCUT2D eigenvalue weighted by Crippen LogP contribution is -2.36. The van der Waals surface area contributed by atoms with Crippen molar-refractivity contribution < 1.29 is 9.84 Å². The van der Waals surface area contributed by atoms with Gasteiger partial charge in [0.05, 0.1) is 30.7 Å². The molecule has 3 aromatic rings. The van der Waals surface area contributed by atoms with E-state index in [0.717, 1.165) is 43.5 Å². The zero-order valence-corrected chi connectivity index (χ0v) is 18.5. The number of anilines is 1. The molecule has 5 rings (SSSR count). The number of methoxy groups -OCH3 is 1. The average Bonchev–Trinajstić information content (AvgIpc) is 3.19. The van der Waals surface area contributed by atoms with Gasteiger partial charge in [-0.3, -0.25) is 5.01 Å². The van der Waals surface area contributed by atoms with Crippen LogP contribution in [0.15, 0.2) is 84.0 Å². The van der Waals surface area contributed by atoms with Crippen molar-refractivity contribution in [2.75, 3.05) is 12.1 Å². The van der Waals surface area contributed by atoms with Gasteiger partial charge in [-0.05, 0) is 66.6 Å². The second-order valence-electron chi connectivity index (χ2n) is 8.81. The molecule has 2 aliphatic rings. The Morgan fingerprint density at radius 2 is 1.47 bits per heavy atom. The van der Waals surface area contributed by atoms with Gasteiger partial charge in [0.2, 0.25) is 0 Å². The number of nitrogens with zero attached hydrogens (tertiary/aromatic N) is 2. The molecule has 3 atom stereocenters. The van der Waals surface area contributed by atoms with E-state index in [4.69, 9.17) is 9.84 Å². The molecule has 0 amide bonds. The number of hydrazone groups is 1. The fourth-order valence-corrected chi connectivity index (χ4v) is 5.07. The van der Waals surface area contributed by atoms with Crippen LogP contribution in [0.2, 0.25) is 0 Å². The van der Waals surface area contributed by atoms with E-state index in [1.807, 2.05) is 18.2 Å². The number of aliphatic hydroxyl groups is 1. The van der Waals surface area contributed by atoms with Gasteiger partial charge in [0, 0.05) is 5.92 Å². The minimum Gasteiger partial charge on any atom is -0.497 e. The maximum absolute atomic E-state index is 10.3. The summed E-state index contributed by atoms with van der Waals surface area (Å²) in [7, 11) is 1.69. The van der Waals surface area contributed by atoms with E-state index >= 15 is 0 Å². The van der Waals surface area contributed by atoms with Crippen LogP contribution < -0.4 is 9.75 Å². The Bertz CT molecular complexity index is 1060. The minimum absolute atomic E-state index is 0.206. The third-order valence-corrected chi connectivity index (χ3v) is 6.82. The van der Waals surface area contributed by atoms with Crippen molar-refractivity contribution in [3.8, 4) is 16.9 Å². The van der Waals surface area contributed by atoms with Gasteiger partial charge in [-0.25, -0.2) is 0 Å². The maximum atomic E-state index is 10.3. The zero-order chi connectivity index (χ0) is 21.9. The first-order valence-electron chi connectivity index (χ1n) is 11.6. The Hall–Kier alpha value is -3.11. The molecule has 1 heterocycles. The van der Waals surface area contributed by atoms with E-state index in [2.05, 4.69) is 65.7 Å². The highest BCUT2D eigenvalue weighted by molar-refractivity contribution is 6.05. The van der Waals surface area contributed by atoms with E-state index in [-0.39, 0.29) is 12.1 Å². The lowest BCUT2D eigenvalue weighted by atomic mass is 9.81. The van der Waals surface area contributed by atoms with Crippen LogP contribution in [0, 0.1) is 5.92 Å². The molecule has 3 aromatic carbocycles. The Labute approximate surface area is 190 Å². The minimum atomic E-state index is -0.206. The molecule has 32 heavy (non-hydrogen) atoms. The third kappa shape index (κ3) is 4.15. The summed E-state index contributed by atoms with van der Waals surface area (Å²) in [4.78, 5) is 0. The van der Waals surface area contributed by atoms with E-state index in [0.29, 0.717) is 5.92 Å². The highest BCUT2D eigenvalue weighted by atomic mass is 16.5. The molecule has 1 saturated carbocycles. The second-order valence-corrected chi connectivity index (χ2v) is 8.81. The van der Waals surface area contributed by atoms with Gasteiger partial charge in [0.1, 0.15) is 5.75 Å². The molecule has 0 radical (unpaired) electrons. The number of benzene rings is 3. The molecule has 4 nitrogen and oxygen atoms in total. The molecular weight excluding hydrogens is 396 g/mol. The van der Waals surface area contributed by atoms with Gasteiger partial charge >= 0.3 is 0 Å². The van der Waals surface area contributed by atoms with Crippen LogP contribution in [0.3, 0.4) is 0 Å². The molecule has 0 bridgehead atoms. The van der Waals surface area contributed by atoms with Crippen LogP contribution in [0.25, 0.3) is 11.1 Å². The molecule has 1 aliphatic heterocycles. The largest absolute Gasteiger partial charge is 0.497 e. The summed E-state index contributed by atoms with van der Waals surface area (Å²) >= 11 is 0. The summed E-state index contributed by atoms with van der Waals surface area (Å²) < 4.78 is 5.34. The smallest absolute Gasteiger partial charge is 0.119 e. The SMILES string of the molecule is COc1ccc(N2N=C(c3ccc(-c4ccccc4)cc3)[C@H]3CCCC(O)CC[C@@H]32)cc1. The summed E-state index contributed by atoms with van der Waals surface area (Å²) in [5.41, 5.74) is 5.88. The first-order valence-corrected chi connectivity index (χ1v) is 11.6. The topological polar surface area (TPSA) is 45.1 Å². The number of rotatable bonds is 4. The molecule has 164 valence electrons. The Morgan fingerprint density at radius 1 is 0.781 bits per heavy atom. The molecule has 0 spiro atoms. The normalized spacial score (nSPS) is 23.1. The summed E-state index contributed by atoms with van der Waals surface area (Å²) in [5, 5.41) is 17.7. The fourth-order valence-electron chi connectivity index (χ4n) is 5.07. The molecule has 1 unspecified atom stereocenters. The van der Waals surface area contributed by atoms with E-state index in [1.165, 1.54) is 22.4 Å². The van der Waals surface area contributed by atoms with Crippen LogP contribution in [-0.4, -0.2) is 30.1 Å². The van der Waals surface area contributed by atoms with E-state index in [9.17, 15) is 5.11 Å². The summed E-state index contributed by atoms with van der Waals surface area (Å²) in [6.45, 7) is 0. The Balaban J connectivity index is 1.49. The highest BCUT2D eigenvalue weighted by Crippen LogP contribution is 2.38. The van der Waals surface area contributed by atoms with Gasteiger partial charge in [-0.2, -0.15) is 5.10 Å². The first-order chi connectivity index (χ1) is 15.7. The van der Waals surface area contributed by atoms with Crippen LogP contribution in [0.4, 0.5) is 5.69 Å². The molecule has 4 heteroatoms. The maximum Gasteiger partial charge on any atom is 0.119 e. The molecule has 1 aliphatic carbocycles. The molecule has 0 saturated heterocycles. The summed E-state index contributed by atoms with van der Waals surface area (Å²) in [6, 6.07) is 27.7. The van der Waals surface area contributed by atoms with Gasteiger partial charge in [0.25, 0.3) is 0 Å². The van der Waals surface area contributed by atoms with Crippen molar-refractivity contribution >= 4 is 11.4 Å². The van der Waals surface area contributed by atoms with Crippen LogP contribution in [-0.2, 0) is 0 Å². The quantitative estimate of drug-likeness (QED) is 0.565. The van der Waals surface area contributed by atoms with Crippen molar-refractivity contribution in [1.82, 2.24) is 0 Å². The van der Waals surface area contributed by atoms with Crippen LogP contribution >= 0.6 is 0 Å². The number of hydrogen-bond donors (Lipinski definition) is 1. The molecule has 1 fully saturated rings. The van der Waals surface area contributed by atoms with E-state index < -0.39 is 0 Å². The van der Waals surface area contributed by atoms with Gasteiger partial charge < -0.3 is 9.84 Å². The van der Waals surface area contributed by atoms with E-state index in [1.54, 1.807) is 7.11 Å². The predicted octanol–water partition coefficient (Wildman–Crippen LogP) is 5.90. The molecular formula is C28H30N2O2. The van der Waals surface area contributed by atoms with Crippen molar-refractivity contribution in [3.05, 3.63) is 84.4 Å². The van der Waals surface area contributed by atoms with Gasteiger partial charge in [-0.1, -0.05) is 61.0 Å². The predicted molar refractivity (Wildman–Crippen MR) is 130 cm³/mol. The number of fused-ring (bicyclic) bond motifs is 1. The molecule has 0 aromatic heterocycles. The van der Waals surface area contributed by atoms with Gasteiger partial charge in [0.15, 0.2) is 0 Å². The van der Waals surface area contributed by atoms with Crippen molar-refractivity contribution in [2.24, 2.45) is 11.0 Å². The monoisotopic (exact) mass is 426 g/mol. The first kappa shape index (κ1) is 20.8. The number of aliphatic hydroxyl groups excluding tert-OH is 1. The second kappa shape index (κ2) is 9.17. The van der Waals surface area contributed by atoms with Crippen LogP contribution in [0.1, 0.15) is 37.7 Å². The van der Waals surface area contributed by atoms with Crippen molar-refractivity contribution in [1.29, 1.82) is 0 Å². The van der Waals surface area contributed by atoms with Crippen molar-refractivity contribution in [2.45, 2.75) is 44.2 Å². The lowest BCUT2D eigenvalue weighted by molar-refractivity contribution is 0.134. The average molecular weight is 427 g/mol. The highest BCUT2D eigenvalue weighted by Gasteiger charge is 2.39. The van der Waals surface area contributed by atoms with Crippen LogP contribution in [0.5, 0.6) is 5.75 Å². The fraction of sp³-hybridized carbons (Fsp3) is 0.321. The number of ether oxygens (including phenoxy) is 1. The summed E-state index contributed by atoms with van der Waals surface area (Å²) in [5.74, 6) is 1.21. The Kier molecular flexibility index (Phi) is 5.95. The lowest BCUT2D eigenvalue weighted by Gasteiger charge is -2.31.